The van der Waals surface area contributed by atoms with Crippen LogP contribution in [0.4, 0.5) is 5.69 Å². The number of aliphatic hydroxyl groups is 1. The molecule has 0 saturated carbocycles. The number of ketones is 1. The van der Waals surface area contributed by atoms with Crippen LogP contribution in [0.15, 0.2) is 24.3 Å². The molecule has 0 aromatic heterocycles. The molecule has 1 N–H and O–H groups in total. The van der Waals surface area contributed by atoms with Gasteiger partial charge in [-0.25, -0.2) is 0 Å². The van der Waals surface area contributed by atoms with Crippen molar-refractivity contribution in [3.8, 4) is 0 Å². The fourth-order valence-corrected chi connectivity index (χ4v) is 2.80. The Bertz CT molecular complexity index is 516. The Morgan fingerprint density at radius 1 is 1.48 bits per heavy atom. The number of nitro benzene ring substituents is 1. The maximum Gasteiger partial charge on any atom is 0.270 e. The van der Waals surface area contributed by atoms with Crippen molar-refractivity contribution in [3.05, 3.63) is 39.9 Å². The summed E-state index contributed by atoms with van der Waals surface area (Å²) in [5.74, 6) is 0.338. The van der Waals surface area contributed by atoms with Crippen molar-refractivity contribution in [1.82, 2.24) is 4.90 Å². The summed E-state index contributed by atoms with van der Waals surface area (Å²) in [6.45, 7) is 2.13. The summed E-state index contributed by atoms with van der Waals surface area (Å²) in [7, 11) is 0. The predicted octanol–water partition coefficient (Wildman–Crippen LogP) is 1.87. The van der Waals surface area contributed by atoms with Crippen molar-refractivity contribution >= 4 is 11.5 Å². The van der Waals surface area contributed by atoms with E-state index in [4.69, 9.17) is 5.11 Å². The molecule has 1 atom stereocenters. The first kappa shape index (κ1) is 15.6. The second-order valence-corrected chi connectivity index (χ2v) is 5.49. The Hall–Kier alpha value is -1.79. The van der Waals surface area contributed by atoms with Gasteiger partial charge >= 0.3 is 0 Å². The molecule has 1 saturated heterocycles. The lowest BCUT2D eigenvalue weighted by Gasteiger charge is -2.31. The van der Waals surface area contributed by atoms with E-state index in [0.29, 0.717) is 11.5 Å². The number of aliphatic hydroxyl groups excluding tert-OH is 1. The molecule has 6 nitrogen and oxygen atoms in total. The molecule has 114 valence electrons. The Balaban J connectivity index is 1.97. The highest BCUT2D eigenvalue weighted by molar-refractivity contribution is 5.98. The van der Waals surface area contributed by atoms with E-state index in [2.05, 4.69) is 4.90 Å². The van der Waals surface area contributed by atoms with E-state index >= 15 is 0 Å². The van der Waals surface area contributed by atoms with Gasteiger partial charge in [0.05, 0.1) is 11.5 Å². The average Bonchev–Trinajstić information content (AvgIpc) is 2.48. The van der Waals surface area contributed by atoms with Crippen molar-refractivity contribution in [3.63, 3.8) is 0 Å². The molecule has 1 aromatic rings. The fourth-order valence-electron chi connectivity index (χ4n) is 2.80. The minimum atomic E-state index is -0.491. The number of rotatable bonds is 6. The van der Waals surface area contributed by atoms with Crippen molar-refractivity contribution in [1.29, 1.82) is 0 Å². The van der Waals surface area contributed by atoms with E-state index in [9.17, 15) is 14.9 Å². The van der Waals surface area contributed by atoms with Gasteiger partial charge < -0.3 is 5.11 Å². The number of hydrogen-bond acceptors (Lipinski definition) is 5. The molecule has 1 aromatic carbocycles. The number of nitrogens with zero attached hydrogens (tertiary/aromatic N) is 2. The van der Waals surface area contributed by atoms with Crippen LogP contribution in [0.1, 0.15) is 29.6 Å². The van der Waals surface area contributed by atoms with Crippen LogP contribution in [-0.2, 0) is 0 Å². The van der Waals surface area contributed by atoms with Crippen LogP contribution in [0, 0.1) is 16.0 Å². The number of piperidine rings is 1. The maximum absolute atomic E-state index is 12.2. The molecule has 0 aliphatic carbocycles. The predicted molar refractivity (Wildman–Crippen MR) is 78.3 cm³/mol. The van der Waals surface area contributed by atoms with Crippen molar-refractivity contribution in [2.45, 2.75) is 19.3 Å². The Kier molecular flexibility index (Phi) is 5.41. The number of hydrogen-bond donors (Lipinski definition) is 1. The van der Waals surface area contributed by atoms with Crippen molar-refractivity contribution in [2.24, 2.45) is 5.92 Å². The van der Waals surface area contributed by atoms with Gasteiger partial charge in [-0.3, -0.25) is 19.8 Å². The molecule has 1 fully saturated rings. The summed E-state index contributed by atoms with van der Waals surface area (Å²) in [5, 5.41) is 19.7. The zero-order valence-electron chi connectivity index (χ0n) is 11.9. The Morgan fingerprint density at radius 3 is 3.00 bits per heavy atom. The summed E-state index contributed by atoms with van der Waals surface area (Å²) >= 11 is 0. The van der Waals surface area contributed by atoms with Crippen LogP contribution in [-0.4, -0.2) is 47.0 Å². The van der Waals surface area contributed by atoms with Gasteiger partial charge in [-0.2, -0.15) is 0 Å². The van der Waals surface area contributed by atoms with E-state index in [1.165, 1.54) is 18.2 Å². The summed E-state index contributed by atoms with van der Waals surface area (Å²) in [4.78, 5) is 24.6. The van der Waals surface area contributed by atoms with Gasteiger partial charge in [0.2, 0.25) is 0 Å². The summed E-state index contributed by atoms with van der Waals surface area (Å²) in [6.07, 6.45) is 2.87. The molecule has 1 heterocycles. The van der Waals surface area contributed by atoms with Gasteiger partial charge in [-0.1, -0.05) is 12.1 Å². The van der Waals surface area contributed by atoms with E-state index in [0.717, 1.165) is 32.4 Å². The minimum absolute atomic E-state index is 0.0577. The second-order valence-electron chi connectivity index (χ2n) is 5.49. The molecule has 1 aliphatic rings. The van der Waals surface area contributed by atoms with E-state index in [1.807, 2.05) is 0 Å². The number of Topliss-reactive ketones (excluding diaryl/α,β-unsaturated/α-hetero) is 1. The van der Waals surface area contributed by atoms with Crippen LogP contribution in [0.2, 0.25) is 0 Å². The smallest absolute Gasteiger partial charge is 0.270 e. The first-order chi connectivity index (χ1) is 10.1. The number of likely N-dealkylation sites (tertiary alicyclic amines) is 1. The monoisotopic (exact) mass is 292 g/mol. The molecular weight excluding hydrogens is 272 g/mol. The number of nitro groups is 1. The summed E-state index contributed by atoms with van der Waals surface area (Å²) in [5.41, 5.74) is 0.325. The van der Waals surface area contributed by atoms with Gasteiger partial charge in [-0.05, 0) is 31.7 Å². The largest absolute Gasteiger partial charge is 0.396 e. The van der Waals surface area contributed by atoms with E-state index < -0.39 is 4.92 Å². The van der Waals surface area contributed by atoms with Crippen molar-refractivity contribution < 1.29 is 14.8 Å². The summed E-state index contributed by atoms with van der Waals surface area (Å²) in [6, 6.07) is 5.87. The van der Waals surface area contributed by atoms with Crippen molar-refractivity contribution in [2.75, 3.05) is 26.2 Å². The molecule has 0 bridgehead atoms. The van der Waals surface area contributed by atoms with Gasteiger partial charge in [-0.15, -0.1) is 0 Å². The van der Waals surface area contributed by atoms with E-state index in [-0.39, 0.29) is 24.6 Å². The molecular formula is C15H20N2O4. The summed E-state index contributed by atoms with van der Waals surface area (Å²) < 4.78 is 0. The lowest BCUT2D eigenvalue weighted by atomic mass is 9.95. The third kappa shape index (κ3) is 4.34. The zero-order valence-corrected chi connectivity index (χ0v) is 11.9. The quantitative estimate of drug-likeness (QED) is 0.491. The number of carbonyl (C=O) groups is 1. The standard InChI is InChI=1S/C15H20N2O4/c18-8-6-12-3-2-7-16(10-12)11-15(19)13-4-1-5-14(9-13)17(20)21/h1,4-5,9,12,18H,2-3,6-8,10-11H2. The SMILES string of the molecule is O=C(CN1CCCC(CCO)C1)c1cccc([N+](=O)[O-])c1. The first-order valence-corrected chi connectivity index (χ1v) is 7.21. The normalized spacial score (nSPS) is 19.4. The molecule has 0 radical (unpaired) electrons. The Labute approximate surface area is 123 Å². The number of benzene rings is 1. The molecule has 1 unspecified atom stereocenters. The average molecular weight is 292 g/mol. The van der Waals surface area contributed by atoms with Crippen LogP contribution < -0.4 is 0 Å². The second kappa shape index (κ2) is 7.28. The minimum Gasteiger partial charge on any atom is -0.396 e. The van der Waals surface area contributed by atoms with Gasteiger partial charge in [0, 0.05) is 30.8 Å². The van der Waals surface area contributed by atoms with Crippen LogP contribution in [0.5, 0.6) is 0 Å². The highest BCUT2D eigenvalue weighted by atomic mass is 16.6. The van der Waals surface area contributed by atoms with Crippen LogP contribution in [0.25, 0.3) is 0 Å². The lowest BCUT2D eigenvalue weighted by molar-refractivity contribution is -0.384. The molecule has 0 amide bonds. The highest BCUT2D eigenvalue weighted by Gasteiger charge is 2.22. The first-order valence-electron chi connectivity index (χ1n) is 7.21. The molecule has 0 spiro atoms. The number of non-ortho nitro benzene ring substituents is 1. The molecule has 21 heavy (non-hydrogen) atoms. The Morgan fingerprint density at radius 2 is 2.29 bits per heavy atom. The fraction of sp³-hybridized carbons (Fsp3) is 0.533. The van der Waals surface area contributed by atoms with Gasteiger partial charge in [0.1, 0.15) is 0 Å². The third-order valence-corrected chi connectivity index (χ3v) is 3.89. The van der Waals surface area contributed by atoms with Crippen LogP contribution in [0.3, 0.4) is 0 Å². The highest BCUT2D eigenvalue weighted by Crippen LogP contribution is 2.20. The third-order valence-electron chi connectivity index (χ3n) is 3.89. The molecule has 6 heteroatoms. The number of carbonyl (C=O) groups excluding carboxylic acids is 1. The molecule has 2 rings (SSSR count). The zero-order chi connectivity index (χ0) is 15.2. The van der Waals surface area contributed by atoms with E-state index in [1.54, 1.807) is 6.07 Å². The van der Waals surface area contributed by atoms with Gasteiger partial charge in [0.25, 0.3) is 5.69 Å². The maximum atomic E-state index is 12.2. The van der Waals surface area contributed by atoms with Gasteiger partial charge in [0.15, 0.2) is 5.78 Å². The topological polar surface area (TPSA) is 83.7 Å². The van der Waals surface area contributed by atoms with Crippen LogP contribution >= 0.6 is 0 Å². The molecule has 1 aliphatic heterocycles. The lowest BCUT2D eigenvalue weighted by Crippen LogP contribution is -2.39.